The number of benzene rings is 2. The molecule has 106 valence electrons. The summed E-state index contributed by atoms with van der Waals surface area (Å²) in [5.41, 5.74) is 2.96. The number of hydrogen-bond donors (Lipinski definition) is 1. The Labute approximate surface area is 145 Å². The van der Waals surface area contributed by atoms with E-state index in [0.29, 0.717) is 10.0 Å². The van der Waals surface area contributed by atoms with Gasteiger partial charge < -0.3 is 5.32 Å². The summed E-state index contributed by atoms with van der Waals surface area (Å²) in [5.74, 6) is 0. The molecule has 20 heavy (non-hydrogen) atoms. The second kappa shape index (κ2) is 6.69. The van der Waals surface area contributed by atoms with Crippen molar-refractivity contribution in [2.45, 2.75) is 19.9 Å². The third-order valence-electron chi connectivity index (χ3n) is 3.05. The first-order chi connectivity index (χ1) is 9.38. The Bertz CT molecular complexity index is 644. The molecule has 2 aromatic carbocycles. The monoisotopic (exact) mass is 435 g/mol. The molecule has 0 aliphatic heterocycles. The van der Waals surface area contributed by atoms with Gasteiger partial charge in [0.05, 0.1) is 10.7 Å². The van der Waals surface area contributed by atoms with Crippen molar-refractivity contribution in [3.05, 3.63) is 60.4 Å². The Morgan fingerprint density at radius 2 is 1.75 bits per heavy atom. The summed E-state index contributed by atoms with van der Waals surface area (Å²) in [6.07, 6.45) is 0. The minimum Gasteiger partial charge on any atom is -0.377 e. The summed E-state index contributed by atoms with van der Waals surface area (Å²) in [7, 11) is 0. The molecular weight excluding hydrogens is 425 g/mol. The van der Waals surface area contributed by atoms with Crippen LogP contribution in [0.25, 0.3) is 0 Å². The highest BCUT2D eigenvalue weighted by Gasteiger charge is 2.12. The molecule has 0 fully saturated rings. The van der Waals surface area contributed by atoms with Crippen LogP contribution < -0.4 is 5.32 Å². The lowest BCUT2D eigenvalue weighted by atomic mass is 10.1. The lowest BCUT2D eigenvalue weighted by Gasteiger charge is -2.19. The normalized spacial score (nSPS) is 12.3. The molecule has 2 aromatic rings. The Hall–Kier alpha value is -0.220. The van der Waals surface area contributed by atoms with Gasteiger partial charge in [-0.2, -0.15) is 0 Å². The van der Waals surface area contributed by atoms with Crippen molar-refractivity contribution in [1.29, 1.82) is 0 Å². The van der Waals surface area contributed by atoms with Gasteiger partial charge in [-0.25, -0.2) is 0 Å². The molecule has 1 nitrogen and oxygen atoms in total. The van der Waals surface area contributed by atoms with Gasteiger partial charge in [0.15, 0.2) is 0 Å². The van der Waals surface area contributed by atoms with Crippen molar-refractivity contribution in [2.75, 3.05) is 5.32 Å². The summed E-state index contributed by atoms with van der Waals surface area (Å²) < 4.78 is 2.08. The molecule has 0 aromatic heterocycles. The fourth-order valence-corrected chi connectivity index (χ4v) is 3.75. The van der Waals surface area contributed by atoms with Gasteiger partial charge in [0.2, 0.25) is 0 Å². The molecule has 0 saturated heterocycles. The Kier molecular flexibility index (Phi) is 5.41. The Balaban J connectivity index is 2.27. The van der Waals surface area contributed by atoms with Crippen LogP contribution in [0.5, 0.6) is 0 Å². The standard InChI is InChI=1S/C15H13Br2Cl2N/c1-8-5-14(19)15(7-13(8)18)20-9(2)11-4-3-10(16)6-12(11)17/h3-7,9,20H,1-2H3. The van der Waals surface area contributed by atoms with Crippen molar-refractivity contribution in [2.24, 2.45) is 0 Å². The summed E-state index contributed by atoms with van der Waals surface area (Å²) in [6.45, 7) is 4.02. The highest BCUT2D eigenvalue weighted by molar-refractivity contribution is 9.11. The summed E-state index contributed by atoms with van der Waals surface area (Å²) in [4.78, 5) is 0. The first-order valence-corrected chi connectivity index (χ1v) is 8.40. The maximum Gasteiger partial charge on any atom is 0.0641 e. The molecule has 0 spiro atoms. The Morgan fingerprint density at radius 3 is 2.40 bits per heavy atom. The van der Waals surface area contributed by atoms with E-state index in [1.54, 1.807) is 0 Å². The SMILES string of the molecule is Cc1cc(Cl)c(NC(C)c2ccc(Br)cc2Br)cc1Cl. The van der Waals surface area contributed by atoms with E-state index in [-0.39, 0.29) is 6.04 Å². The first kappa shape index (κ1) is 16.2. The van der Waals surface area contributed by atoms with Gasteiger partial charge >= 0.3 is 0 Å². The minimum absolute atomic E-state index is 0.105. The van der Waals surface area contributed by atoms with E-state index in [9.17, 15) is 0 Å². The number of nitrogens with one attached hydrogen (secondary N) is 1. The second-order valence-corrected chi connectivity index (χ2v) is 7.20. The maximum absolute atomic E-state index is 6.26. The summed E-state index contributed by atoms with van der Waals surface area (Å²) >= 11 is 19.4. The highest BCUT2D eigenvalue weighted by atomic mass is 79.9. The van der Waals surface area contributed by atoms with Crippen LogP contribution in [0.2, 0.25) is 10.0 Å². The van der Waals surface area contributed by atoms with E-state index in [4.69, 9.17) is 23.2 Å². The van der Waals surface area contributed by atoms with E-state index >= 15 is 0 Å². The first-order valence-electron chi connectivity index (χ1n) is 6.05. The van der Waals surface area contributed by atoms with Crippen LogP contribution in [0.1, 0.15) is 24.1 Å². The van der Waals surface area contributed by atoms with Crippen LogP contribution in [-0.4, -0.2) is 0 Å². The predicted octanol–water partition coefficient (Wildman–Crippen LogP) is 7.00. The molecule has 1 atom stereocenters. The van der Waals surface area contributed by atoms with Gasteiger partial charge in [-0.3, -0.25) is 0 Å². The zero-order valence-electron chi connectivity index (χ0n) is 11.0. The molecule has 0 saturated carbocycles. The molecule has 0 amide bonds. The van der Waals surface area contributed by atoms with Crippen LogP contribution in [0.3, 0.4) is 0 Å². The average molecular weight is 438 g/mol. The zero-order valence-corrected chi connectivity index (χ0v) is 15.7. The minimum atomic E-state index is 0.105. The van der Waals surface area contributed by atoms with Gasteiger partial charge in [-0.05, 0) is 49.2 Å². The number of aryl methyl sites for hydroxylation is 1. The molecule has 0 heterocycles. The summed E-state index contributed by atoms with van der Waals surface area (Å²) in [5, 5.41) is 4.77. The van der Waals surface area contributed by atoms with Crippen LogP contribution in [0.4, 0.5) is 5.69 Å². The number of anilines is 1. The zero-order chi connectivity index (χ0) is 14.9. The number of hydrogen-bond acceptors (Lipinski definition) is 1. The van der Waals surface area contributed by atoms with Crippen LogP contribution in [0.15, 0.2) is 39.3 Å². The third-order valence-corrected chi connectivity index (χ3v) is 4.95. The smallest absolute Gasteiger partial charge is 0.0641 e. The number of halogens is 4. The van der Waals surface area contributed by atoms with Crippen LogP contribution >= 0.6 is 55.1 Å². The lowest BCUT2D eigenvalue weighted by molar-refractivity contribution is 0.878. The molecule has 5 heteroatoms. The van der Waals surface area contributed by atoms with Gasteiger partial charge in [0.25, 0.3) is 0 Å². The van der Waals surface area contributed by atoms with E-state index < -0.39 is 0 Å². The van der Waals surface area contributed by atoms with E-state index in [1.165, 1.54) is 0 Å². The fraction of sp³-hybridized carbons (Fsp3) is 0.200. The summed E-state index contributed by atoms with van der Waals surface area (Å²) in [6, 6.07) is 9.95. The molecule has 2 rings (SSSR count). The highest BCUT2D eigenvalue weighted by Crippen LogP contribution is 2.33. The predicted molar refractivity (Wildman–Crippen MR) is 95.1 cm³/mol. The van der Waals surface area contributed by atoms with E-state index in [0.717, 1.165) is 25.8 Å². The maximum atomic E-state index is 6.26. The molecule has 0 aliphatic rings. The fourth-order valence-electron chi connectivity index (χ4n) is 1.92. The molecule has 1 unspecified atom stereocenters. The van der Waals surface area contributed by atoms with E-state index in [1.807, 2.05) is 31.2 Å². The largest absolute Gasteiger partial charge is 0.377 e. The van der Waals surface area contributed by atoms with Gasteiger partial charge in [0.1, 0.15) is 0 Å². The molecular formula is C15H13Br2Cl2N. The van der Waals surface area contributed by atoms with Crippen molar-refractivity contribution in [3.8, 4) is 0 Å². The van der Waals surface area contributed by atoms with Crippen molar-refractivity contribution < 1.29 is 0 Å². The van der Waals surface area contributed by atoms with Gasteiger partial charge in [-0.15, -0.1) is 0 Å². The lowest BCUT2D eigenvalue weighted by Crippen LogP contribution is -2.08. The van der Waals surface area contributed by atoms with Gasteiger partial charge in [-0.1, -0.05) is 61.1 Å². The third kappa shape index (κ3) is 3.70. The van der Waals surface area contributed by atoms with Crippen molar-refractivity contribution in [3.63, 3.8) is 0 Å². The topological polar surface area (TPSA) is 12.0 Å². The van der Waals surface area contributed by atoms with Crippen LogP contribution in [0, 0.1) is 6.92 Å². The second-order valence-electron chi connectivity index (χ2n) is 4.61. The van der Waals surface area contributed by atoms with Crippen molar-refractivity contribution >= 4 is 60.7 Å². The molecule has 0 radical (unpaired) electrons. The average Bonchev–Trinajstić information content (AvgIpc) is 2.35. The van der Waals surface area contributed by atoms with E-state index in [2.05, 4.69) is 50.2 Å². The van der Waals surface area contributed by atoms with Crippen LogP contribution in [-0.2, 0) is 0 Å². The Morgan fingerprint density at radius 1 is 1.05 bits per heavy atom. The van der Waals surface area contributed by atoms with Crippen molar-refractivity contribution in [1.82, 2.24) is 0 Å². The molecule has 0 bridgehead atoms. The molecule has 0 aliphatic carbocycles. The molecule has 1 N–H and O–H groups in total. The van der Waals surface area contributed by atoms with Gasteiger partial charge in [0, 0.05) is 20.0 Å². The number of rotatable bonds is 3. The quantitative estimate of drug-likeness (QED) is 0.545.